The van der Waals surface area contributed by atoms with Gasteiger partial charge in [0.15, 0.2) is 0 Å². The Morgan fingerprint density at radius 2 is 2.24 bits per heavy atom. The number of aryl methyl sites for hydroxylation is 1. The highest BCUT2D eigenvalue weighted by molar-refractivity contribution is 8.00. The second-order valence-electron chi connectivity index (χ2n) is 3.89. The molecule has 0 bridgehead atoms. The van der Waals surface area contributed by atoms with Crippen LogP contribution >= 0.6 is 11.8 Å². The molecule has 2 N–H and O–H groups in total. The van der Waals surface area contributed by atoms with Crippen LogP contribution < -0.4 is 5.32 Å². The molecular weight excluding hydrogens is 234 g/mol. The number of carbonyl (C=O) groups is 1. The van der Waals surface area contributed by atoms with Crippen molar-refractivity contribution in [1.29, 1.82) is 0 Å². The van der Waals surface area contributed by atoms with Crippen LogP contribution in [-0.2, 0) is 11.4 Å². The van der Waals surface area contributed by atoms with Gasteiger partial charge >= 0.3 is 0 Å². The van der Waals surface area contributed by atoms with Gasteiger partial charge in [-0.05, 0) is 36.6 Å². The van der Waals surface area contributed by atoms with E-state index in [1.54, 1.807) is 0 Å². The third-order valence-electron chi connectivity index (χ3n) is 2.43. The molecule has 94 valence electrons. The second-order valence-corrected chi connectivity index (χ2v) is 4.93. The quantitative estimate of drug-likeness (QED) is 0.763. The number of hydrogen-bond donors (Lipinski definition) is 2. The normalized spacial score (nSPS) is 10.3. The molecule has 0 spiro atoms. The second kappa shape index (κ2) is 7.35. The van der Waals surface area contributed by atoms with E-state index in [4.69, 9.17) is 5.11 Å². The fourth-order valence-electron chi connectivity index (χ4n) is 1.40. The molecule has 0 atom stereocenters. The van der Waals surface area contributed by atoms with Gasteiger partial charge in [0.1, 0.15) is 0 Å². The maximum atomic E-state index is 11.4. The molecule has 0 heterocycles. The minimum atomic E-state index is 0.0633. The summed E-state index contributed by atoms with van der Waals surface area (Å²) in [7, 11) is 0. The zero-order valence-electron chi connectivity index (χ0n) is 10.3. The van der Waals surface area contributed by atoms with Crippen molar-refractivity contribution >= 4 is 17.7 Å². The molecule has 0 aliphatic heterocycles. The van der Waals surface area contributed by atoms with Crippen LogP contribution in [0.25, 0.3) is 0 Å². The molecule has 4 heteroatoms. The highest BCUT2D eigenvalue weighted by Gasteiger charge is 2.03. The lowest BCUT2D eigenvalue weighted by atomic mass is 10.1. The zero-order valence-corrected chi connectivity index (χ0v) is 11.1. The topological polar surface area (TPSA) is 49.3 Å². The van der Waals surface area contributed by atoms with Gasteiger partial charge in [-0.3, -0.25) is 4.79 Å². The Bertz CT molecular complexity index is 380. The summed E-state index contributed by atoms with van der Waals surface area (Å²) in [5, 5.41) is 11.9. The Kier molecular flexibility index (Phi) is 6.08. The summed E-state index contributed by atoms with van der Waals surface area (Å²) < 4.78 is 0. The summed E-state index contributed by atoms with van der Waals surface area (Å²) in [6.45, 7) is 4.80. The standard InChI is InChI=1S/C13H19NO2S/c1-3-6-14-13(16)9-17-12-5-4-11(8-15)10(2)7-12/h4-5,7,15H,3,6,8-9H2,1-2H3,(H,14,16). The van der Waals surface area contributed by atoms with Crippen molar-refractivity contribution in [2.45, 2.75) is 31.8 Å². The number of thioether (sulfide) groups is 1. The number of rotatable bonds is 6. The van der Waals surface area contributed by atoms with Crippen LogP contribution in [0.3, 0.4) is 0 Å². The van der Waals surface area contributed by atoms with Gasteiger partial charge in [0.2, 0.25) is 5.91 Å². The Hall–Kier alpha value is -1.00. The maximum Gasteiger partial charge on any atom is 0.230 e. The van der Waals surface area contributed by atoms with E-state index in [1.807, 2.05) is 32.0 Å². The van der Waals surface area contributed by atoms with E-state index >= 15 is 0 Å². The third-order valence-corrected chi connectivity index (χ3v) is 3.42. The van der Waals surface area contributed by atoms with E-state index < -0.39 is 0 Å². The predicted molar refractivity (Wildman–Crippen MR) is 71.1 cm³/mol. The van der Waals surface area contributed by atoms with Gasteiger partial charge in [-0.1, -0.05) is 13.0 Å². The van der Waals surface area contributed by atoms with Crippen LogP contribution in [0, 0.1) is 6.92 Å². The number of nitrogens with one attached hydrogen (secondary N) is 1. The molecule has 0 aliphatic carbocycles. The minimum Gasteiger partial charge on any atom is -0.392 e. The molecular formula is C13H19NO2S. The van der Waals surface area contributed by atoms with Crippen molar-refractivity contribution in [3.8, 4) is 0 Å². The summed E-state index contributed by atoms with van der Waals surface area (Å²) in [5.74, 6) is 0.513. The lowest BCUT2D eigenvalue weighted by molar-refractivity contribution is -0.118. The summed E-state index contributed by atoms with van der Waals surface area (Å²) in [6, 6.07) is 5.85. The average molecular weight is 253 g/mol. The number of benzene rings is 1. The summed E-state index contributed by atoms with van der Waals surface area (Å²) in [4.78, 5) is 12.5. The Morgan fingerprint density at radius 3 is 2.82 bits per heavy atom. The smallest absolute Gasteiger partial charge is 0.230 e. The molecule has 17 heavy (non-hydrogen) atoms. The molecule has 0 unspecified atom stereocenters. The van der Waals surface area contributed by atoms with Crippen molar-refractivity contribution in [2.75, 3.05) is 12.3 Å². The van der Waals surface area contributed by atoms with E-state index in [2.05, 4.69) is 5.32 Å². The highest BCUT2D eigenvalue weighted by Crippen LogP contribution is 2.21. The molecule has 1 rings (SSSR count). The van der Waals surface area contributed by atoms with Gasteiger partial charge in [-0.25, -0.2) is 0 Å². The van der Waals surface area contributed by atoms with Crippen molar-refractivity contribution in [3.05, 3.63) is 29.3 Å². The summed E-state index contributed by atoms with van der Waals surface area (Å²) >= 11 is 1.52. The van der Waals surface area contributed by atoms with Gasteiger partial charge in [0, 0.05) is 11.4 Å². The largest absolute Gasteiger partial charge is 0.392 e. The predicted octanol–water partition coefficient (Wildman–Crippen LogP) is 2.11. The van der Waals surface area contributed by atoms with Crippen LogP contribution in [0.1, 0.15) is 24.5 Å². The van der Waals surface area contributed by atoms with Crippen molar-refractivity contribution in [2.24, 2.45) is 0 Å². The van der Waals surface area contributed by atoms with Crippen LogP contribution in [0.15, 0.2) is 23.1 Å². The minimum absolute atomic E-state index is 0.0633. The molecule has 1 aromatic carbocycles. The van der Waals surface area contributed by atoms with Crippen LogP contribution in [0.2, 0.25) is 0 Å². The van der Waals surface area contributed by atoms with Crippen LogP contribution in [0.4, 0.5) is 0 Å². The zero-order chi connectivity index (χ0) is 12.7. The molecule has 0 radical (unpaired) electrons. The first-order valence-electron chi connectivity index (χ1n) is 5.77. The first kappa shape index (κ1) is 14.1. The first-order valence-corrected chi connectivity index (χ1v) is 6.75. The SMILES string of the molecule is CCCNC(=O)CSc1ccc(CO)c(C)c1. The van der Waals surface area contributed by atoms with Gasteiger partial charge in [-0.15, -0.1) is 11.8 Å². The molecule has 0 fully saturated rings. The number of amides is 1. The van der Waals surface area contributed by atoms with E-state index in [9.17, 15) is 4.79 Å². The number of carbonyl (C=O) groups excluding carboxylic acids is 1. The fraction of sp³-hybridized carbons (Fsp3) is 0.462. The summed E-state index contributed by atoms with van der Waals surface area (Å²) in [5.41, 5.74) is 2.00. The van der Waals surface area contributed by atoms with Crippen LogP contribution in [-0.4, -0.2) is 23.3 Å². The van der Waals surface area contributed by atoms with Crippen LogP contribution in [0.5, 0.6) is 0 Å². The third kappa shape index (κ3) is 4.79. The first-order chi connectivity index (χ1) is 8.17. The van der Waals surface area contributed by atoms with Gasteiger partial charge in [-0.2, -0.15) is 0 Å². The van der Waals surface area contributed by atoms with Crippen molar-refractivity contribution < 1.29 is 9.90 Å². The molecule has 0 saturated heterocycles. The summed E-state index contributed by atoms with van der Waals surface area (Å²) in [6.07, 6.45) is 0.959. The Morgan fingerprint density at radius 1 is 1.47 bits per heavy atom. The molecule has 3 nitrogen and oxygen atoms in total. The van der Waals surface area contributed by atoms with Gasteiger partial charge in [0.25, 0.3) is 0 Å². The monoisotopic (exact) mass is 253 g/mol. The van der Waals surface area contributed by atoms with E-state index in [-0.39, 0.29) is 12.5 Å². The van der Waals surface area contributed by atoms with Gasteiger partial charge < -0.3 is 10.4 Å². The van der Waals surface area contributed by atoms with Gasteiger partial charge in [0.05, 0.1) is 12.4 Å². The Balaban J connectivity index is 2.47. The van der Waals surface area contributed by atoms with E-state index in [0.717, 1.165) is 29.0 Å². The highest BCUT2D eigenvalue weighted by atomic mass is 32.2. The number of hydrogen-bond acceptors (Lipinski definition) is 3. The van der Waals surface area contributed by atoms with Crippen molar-refractivity contribution in [1.82, 2.24) is 5.32 Å². The molecule has 1 aromatic rings. The molecule has 0 aromatic heterocycles. The Labute approximate surface area is 107 Å². The molecule has 0 aliphatic rings. The molecule has 0 saturated carbocycles. The van der Waals surface area contributed by atoms with E-state index in [1.165, 1.54) is 11.8 Å². The maximum absolute atomic E-state index is 11.4. The van der Waals surface area contributed by atoms with Crippen molar-refractivity contribution in [3.63, 3.8) is 0 Å². The number of aliphatic hydroxyl groups excluding tert-OH is 1. The molecule has 1 amide bonds. The van der Waals surface area contributed by atoms with E-state index in [0.29, 0.717) is 5.75 Å². The fourth-order valence-corrected chi connectivity index (χ4v) is 2.22. The lowest BCUT2D eigenvalue weighted by Crippen LogP contribution is -2.25. The number of aliphatic hydroxyl groups is 1. The average Bonchev–Trinajstić information content (AvgIpc) is 2.34. The lowest BCUT2D eigenvalue weighted by Gasteiger charge is -2.06.